The smallest absolute Gasteiger partial charge is 0.214 e. The predicted octanol–water partition coefficient (Wildman–Crippen LogP) is 7.10. The summed E-state index contributed by atoms with van der Waals surface area (Å²) >= 11 is 0. The Balaban J connectivity index is 1.71. The molecule has 4 aromatic rings. The van der Waals surface area contributed by atoms with Gasteiger partial charge in [0, 0.05) is 28.8 Å². The molecule has 2 heterocycles. The number of nitrogens with zero attached hydrogens (tertiary/aromatic N) is 2. The van der Waals surface area contributed by atoms with Crippen LogP contribution in [0.3, 0.4) is 0 Å². The standard InChI is InChI=1S/C29H32N2O2/c1-6-21-12-10-13-22(7-2)29(21)26-17-27(33-19(3)4)24(20(5)30-26)18-32-28-16-15-23-11-8-9-14-25(23)31-28/h8-17,19H,6-7,18H2,1-5H3. The first-order valence-electron chi connectivity index (χ1n) is 11.8. The highest BCUT2D eigenvalue weighted by atomic mass is 16.5. The van der Waals surface area contributed by atoms with E-state index in [2.05, 4.69) is 43.1 Å². The van der Waals surface area contributed by atoms with Gasteiger partial charge in [0.05, 0.1) is 22.9 Å². The normalized spacial score (nSPS) is 11.2. The largest absolute Gasteiger partial charge is 0.490 e. The molecule has 0 amide bonds. The van der Waals surface area contributed by atoms with Crippen LogP contribution in [0.1, 0.15) is 50.1 Å². The number of para-hydroxylation sites is 1. The first kappa shape index (κ1) is 22.8. The Labute approximate surface area is 196 Å². The Morgan fingerprint density at radius 3 is 2.27 bits per heavy atom. The van der Waals surface area contributed by atoms with Gasteiger partial charge >= 0.3 is 0 Å². The molecule has 0 aliphatic heterocycles. The third kappa shape index (κ3) is 5.00. The van der Waals surface area contributed by atoms with E-state index in [0.717, 1.165) is 46.4 Å². The average Bonchev–Trinajstić information content (AvgIpc) is 2.82. The topological polar surface area (TPSA) is 44.2 Å². The Bertz CT molecular complexity index is 1240. The van der Waals surface area contributed by atoms with Crippen molar-refractivity contribution >= 4 is 10.9 Å². The quantitative estimate of drug-likeness (QED) is 0.293. The van der Waals surface area contributed by atoms with E-state index in [1.165, 1.54) is 16.7 Å². The SMILES string of the molecule is CCc1cccc(CC)c1-c1cc(OC(C)C)c(COc2ccc3ccccc3n2)c(C)n1. The van der Waals surface area contributed by atoms with E-state index >= 15 is 0 Å². The first-order valence-corrected chi connectivity index (χ1v) is 11.8. The first-order chi connectivity index (χ1) is 16.0. The molecule has 0 unspecified atom stereocenters. The molecule has 0 saturated heterocycles. The molecule has 0 fully saturated rings. The third-order valence-corrected chi connectivity index (χ3v) is 5.85. The zero-order chi connectivity index (χ0) is 23.4. The summed E-state index contributed by atoms with van der Waals surface area (Å²) in [6.07, 6.45) is 1.97. The molecular weight excluding hydrogens is 408 g/mol. The molecule has 4 nitrogen and oxygen atoms in total. The van der Waals surface area contributed by atoms with Gasteiger partial charge in [-0.2, -0.15) is 0 Å². The fraction of sp³-hybridized carbons (Fsp3) is 0.310. The lowest BCUT2D eigenvalue weighted by molar-refractivity contribution is 0.228. The lowest BCUT2D eigenvalue weighted by Gasteiger charge is -2.20. The van der Waals surface area contributed by atoms with Gasteiger partial charge in [-0.15, -0.1) is 0 Å². The molecule has 170 valence electrons. The van der Waals surface area contributed by atoms with Crippen LogP contribution < -0.4 is 9.47 Å². The number of hydrogen-bond donors (Lipinski definition) is 0. The summed E-state index contributed by atoms with van der Waals surface area (Å²) in [5, 5.41) is 1.09. The average molecular weight is 441 g/mol. The van der Waals surface area contributed by atoms with E-state index in [4.69, 9.17) is 14.5 Å². The van der Waals surface area contributed by atoms with Crippen LogP contribution in [0.4, 0.5) is 0 Å². The van der Waals surface area contributed by atoms with Crippen molar-refractivity contribution in [2.45, 2.75) is 60.2 Å². The molecule has 0 radical (unpaired) electrons. The maximum atomic E-state index is 6.25. The van der Waals surface area contributed by atoms with Crippen LogP contribution in [0, 0.1) is 6.92 Å². The molecule has 0 N–H and O–H groups in total. The van der Waals surface area contributed by atoms with Crippen LogP contribution in [-0.2, 0) is 19.4 Å². The fourth-order valence-corrected chi connectivity index (χ4v) is 4.18. The number of ether oxygens (including phenoxy) is 2. The Hall–Kier alpha value is -3.40. The van der Waals surface area contributed by atoms with Crippen molar-refractivity contribution in [3.05, 3.63) is 83.0 Å². The molecule has 0 atom stereocenters. The van der Waals surface area contributed by atoms with Gasteiger partial charge in [0.15, 0.2) is 0 Å². The minimum atomic E-state index is 0.0456. The predicted molar refractivity (Wildman–Crippen MR) is 135 cm³/mol. The van der Waals surface area contributed by atoms with Gasteiger partial charge in [0.25, 0.3) is 0 Å². The van der Waals surface area contributed by atoms with E-state index < -0.39 is 0 Å². The maximum absolute atomic E-state index is 6.25. The molecule has 2 aromatic carbocycles. The summed E-state index contributed by atoms with van der Waals surface area (Å²) in [4.78, 5) is 9.65. The van der Waals surface area contributed by atoms with Gasteiger partial charge in [0.2, 0.25) is 5.88 Å². The molecule has 0 bridgehead atoms. The minimum Gasteiger partial charge on any atom is -0.490 e. The highest BCUT2D eigenvalue weighted by molar-refractivity contribution is 5.78. The molecule has 0 aliphatic rings. The molecular formula is C29H32N2O2. The Morgan fingerprint density at radius 1 is 0.848 bits per heavy atom. The van der Waals surface area contributed by atoms with E-state index in [9.17, 15) is 0 Å². The zero-order valence-electron chi connectivity index (χ0n) is 20.2. The Kier molecular flexibility index (Phi) is 6.93. The van der Waals surface area contributed by atoms with Gasteiger partial charge in [0.1, 0.15) is 12.4 Å². The van der Waals surface area contributed by atoms with Crippen LogP contribution in [-0.4, -0.2) is 16.1 Å². The molecule has 0 saturated carbocycles. The second-order valence-electron chi connectivity index (χ2n) is 8.53. The van der Waals surface area contributed by atoms with Gasteiger partial charge in [-0.05, 0) is 56.9 Å². The van der Waals surface area contributed by atoms with Gasteiger partial charge < -0.3 is 9.47 Å². The van der Waals surface area contributed by atoms with Crippen molar-refractivity contribution in [1.29, 1.82) is 0 Å². The van der Waals surface area contributed by atoms with Crippen LogP contribution >= 0.6 is 0 Å². The summed E-state index contributed by atoms with van der Waals surface area (Å²) in [5.41, 5.74) is 7.59. The van der Waals surface area contributed by atoms with Crippen molar-refractivity contribution in [3.8, 4) is 22.9 Å². The van der Waals surface area contributed by atoms with E-state index in [1.54, 1.807) is 0 Å². The van der Waals surface area contributed by atoms with Crippen LogP contribution in [0.5, 0.6) is 11.6 Å². The lowest BCUT2D eigenvalue weighted by atomic mass is 9.94. The summed E-state index contributed by atoms with van der Waals surface area (Å²) in [6.45, 7) is 10.8. The van der Waals surface area contributed by atoms with E-state index in [-0.39, 0.29) is 6.10 Å². The van der Waals surface area contributed by atoms with Crippen molar-refractivity contribution in [1.82, 2.24) is 9.97 Å². The van der Waals surface area contributed by atoms with Crippen LogP contribution in [0.15, 0.2) is 60.7 Å². The number of fused-ring (bicyclic) bond motifs is 1. The van der Waals surface area contributed by atoms with Gasteiger partial charge in [-0.3, -0.25) is 4.98 Å². The fourth-order valence-electron chi connectivity index (χ4n) is 4.18. The summed E-state index contributed by atoms with van der Waals surface area (Å²) in [6, 6.07) is 20.6. The van der Waals surface area contributed by atoms with Crippen LogP contribution in [0.25, 0.3) is 22.2 Å². The number of aromatic nitrogens is 2. The minimum absolute atomic E-state index is 0.0456. The molecule has 0 aliphatic carbocycles. The second-order valence-corrected chi connectivity index (χ2v) is 8.53. The molecule has 0 spiro atoms. The van der Waals surface area contributed by atoms with Crippen molar-refractivity contribution in [3.63, 3.8) is 0 Å². The molecule has 33 heavy (non-hydrogen) atoms. The maximum Gasteiger partial charge on any atom is 0.214 e. The highest BCUT2D eigenvalue weighted by Gasteiger charge is 2.18. The summed E-state index contributed by atoms with van der Waals surface area (Å²) in [5.74, 6) is 1.42. The van der Waals surface area contributed by atoms with E-state index in [0.29, 0.717) is 12.5 Å². The summed E-state index contributed by atoms with van der Waals surface area (Å²) in [7, 11) is 0. The number of aryl methyl sites for hydroxylation is 3. The van der Waals surface area contributed by atoms with Gasteiger partial charge in [-0.25, -0.2) is 4.98 Å². The zero-order valence-corrected chi connectivity index (χ0v) is 20.2. The summed E-state index contributed by atoms with van der Waals surface area (Å²) < 4.78 is 12.4. The molecule has 4 rings (SSSR count). The van der Waals surface area contributed by atoms with Gasteiger partial charge in [-0.1, -0.05) is 50.2 Å². The number of pyridine rings is 2. The second kappa shape index (κ2) is 10.0. The van der Waals surface area contributed by atoms with Crippen molar-refractivity contribution in [2.75, 3.05) is 0 Å². The van der Waals surface area contributed by atoms with Crippen LogP contribution in [0.2, 0.25) is 0 Å². The number of hydrogen-bond acceptors (Lipinski definition) is 4. The lowest BCUT2D eigenvalue weighted by Crippen LogP contribution is -2.12. The number of rotatable bonds is 8. The monoisotopic (exact) mass is 440 g/mol. The third-order valence-electron chi connectivity index (χ3n) is 5.85. The van der Waals surface area contributed by atoms with Crippen molar-refractivity contribution in [2.24, 2.45) is 0 Å². The molecule has 4 heteroatoms. The number of benzene rings is 2. The van der Waals surface area contributed by atoms with Crippen molar-refractivity contribution < 1.29 is 9.47 Å². The molecule has 2 aromatic heterocycles. The highest BCUT2D eigenvalue weighted by Crippen LogP contribution is 2.34. The Morgan fingerprint density at radius 2 is 1.58 bits per heavy atom. The van der Waals surface area contributed by atoms with E-state index in [1.807, 2.05) is 57.2 Å².